The maximum Gasteiger partial charge on any atom is 0.266 e. The smallest absolute Gasteiger partial charge is 0.266 e. The van der Waals surface area contributed by atoms with Crippen LogP contribution in [0.3, 0.4) is 0 Å². The minimum Gasteiger partial charge on any atom is -0.367 e. The van der Waals surface area contributed by atoms with Crippen LogP contribution in [0.4, 0.5) is 11.6 Å². The summed E-state index contributed by atoms with van der Waals surface area (Å²) in [4.78, 5) is 26.6. The average Bonchev–Trinajstić information content (AvgIpc) is 2.69. The molecule has 0 aliphatic carbocycles. The highest BCUT2D eigenvalue weighted by Crippen LogP contribution is 2.24. The maximum atomic E-state index is 11.6. The molecule has 8 heteroatoms. The standard InChI is InChI=1S/C18H21N7O/c1-24-17(26)6-5-16(23-24)25-9-3-2-4-13(25)10-20-18-14-7-8-19-11-15(14)21-12-22-18/h5-8,11-13H,2-4,9-10H2,1H3,(H,20,21,22). The molecule has 4 heterocycles. The molecule has 0 bridgehead atoms. The Bertz CT molecular complexity index is 966. The summed E-state index contributed by atoms with van der Waals surface area (Å²) in [5.41, 5.74) is 0.728. The normalized spacial score (nSPS) is 17.4. The minimum absolute atomic E-state index is 0.0958. The summed E-state index contributed by atoms with van der Waals surface area (Å²) in [5.74, 6) is 1.66. The number of nitrogens with one attached hydrogen (secondary N) is 1. The van der Waals surface area contributed by atoms with E-state index in [2.05, 4.69) is 30.3 Å². The molecule has 0 amide bonds. The monoisotopic (exact) mass is 351 g/mol. The summed E-state index contributed by atoms with van der Waals surface area (Å²) in [6.07, 6.45) is 8.43. The van der Waals surface area contributed by atoms with Gasteiger partial charge in [-0.25, -0.2) is 14.6 Å². The van der Waals surface area contributed by atoms with Crippen molar-refractivity contribution in [1.82, 2.24) is 24.7 Å². The van der Waals surface area contributed by atoms with Crippen molar-refractivity contribution in [2.45, 2.75) is 25.3 Å². The molecule has 1 fully saturated rings. The Morgan fingerprint density at radius 2 is 2.15 bits per heavy atom. The molecular formula is C18H21N7O. The van der Waals surface area contributed by atoms with Gasteiger partial charge in [-0.05, 0) is 31.4 Å². The van der Waals surface area contributed by atoms with Gasteiger partial charge in [-0.2, -0.15) is 5.10 Å². The van der Waals surface area contributed by atoms with E-state index in [4.69, 9.17) is 0 Å². The lowest BCUT2D eigenvalue weighted by molar-refractivity contribution is 0.464. The third kappa shape index (κ3) is 3.22. The Morgan fingerprint density at radius 1 is 1.23 bits per heavy atom. The van der Waals surface area contributed by atoms with E-state index >= 15 is 0 Å². The fourth-order valence-electron chi connectivity index (χ4n) is 3.42. The Morgan fingerprint density at radius 3 is 3.04 bits per heavy atom. The third-order valence-electron chi connectivity index (χ3n) is 4.81. The second-order valence-corrected chi connectivity index (χ2v) is 6.49. The Hall–Kier alpha value is -3.03. The largest absolute Gasteiger partial charge is 0.367 e. The Balaban J connectivity index is 1.55. The summed E-state index contributed by atoms with van der Waals surface area (Å²) in [6.45, 7) is 1.69. The fourth-order valence-corrected chi connectivity index (χ4v) is 3.42. The summed E-state index contributed by atoms with van der Waals surface area (Å²) >= 11 is 0. The molecule has 0 spiro atoms. The number of hydrogen-bond donors (Lipinski definition) is 1. The molecular weight excluding hydrogens is 330 g/mol. The van der Waals surface area contributed by atoms with Crippen LogP contribution in [0.2, 0.25) is 0 Å². The van der Waals surface area contributed by atoms with Crippen LogP contribution < -0.4 is 15.8 Å². The number of aryl methyl sites for hydroxylation is 1. The van der Waals surface area contributed by atoms with Gasteiger partial charge in [0.25, 0.3) is 5.56 Å². The molecule has 0 radical (unpaired) electrons. The van der Waals surface area contributed by atoms with E-state index in [-0.39, 0.29) is 5.56 Å². The van der Waals surface area contributed by atoms with Gasteiger partial charge in [0, 0.05) is 43.8 Å². The zero-order valence-electron chi connectivity index (χ0n) is 14.7. The number of anilines is 2. The van der Waals surface area contributed by atoms with Crippen LogP contribution in [0.1, 0.15) is 19.3 Å². The zero-order valence-corrected chi connectivity index (χ0v) is 14.7. The van der Waals surface area contributed by atoms with Gasteiger partial charge in [0.1, 0.15) is 18.0 Å². The van der Waals surface area contributed by atoms with Gasteiger partial charge in [0.15, 0.2) is 0 Å². The topological polar surface area (TPSA) is 88.8 Å². The van der Waals surface area contributed by atoms with Gasteiger partial charge in [-0.15, -0.1) is 0 Å². The first-order valence-electron chi connectivity index (χ1n) is 8.82. The van der Waals surface area contributed by atoms with E-state index in [1.54, 1.807) is 31.8 Å². The van der Waals surface area contributed by atoms with E-state index in [1.165, 1.54) is 11.1 Å². The fraction of sp³-hybridized carbons (Fsp3) is 0.389. The number of nitrogens with zero attached hydrogens (tertiary/aromatic N) is 6. The molecule has 8 nitrogen and oxygen atoms in total. The molecule has 0 aromatic carbocycles. The molecule has 0 saturated carbocycles. The number of fused-ring (bicyclic) bond motifs is 1. The van der Waals surface area contributed by atoms with Gasteiger partial charge >= 0.3 is 0 Å². The minimum atomic E-state index is -0.0958. The number of pyridine rings is 1. The molecule has 134 valence electrons. The van der Waals surface area contributed by atoms with E-state index in [0.29, 0.717) is 6.04 Å². The van der Waals surface area contributed by atoms with E-state index in [0.717, 1.165) is 48.5 Å². The van der Waals surface area contributed by atoms with Crippen LogP contribution in [0.25, 0.3) is 10.9 Å². The van der Waals surface area contributed by atoms with Gasteiger partial charge in [-0.1, -0.05) is 0 Å². The van der Waals surface area contributed by atoms with Gasteiger partial charge in [0.05, 0.1) is 11.7 Å². The van der Waals surface area contributed by atoms with Crippen LogP contribution in [0.15, 0.2) is 41.7 Å². The highest BCUT2D eigenvalue weighted by atomic mass is 16.1. The lowest BCUT2D eigenvalue weighted by Crippen LogP contribution is -2.45. The van der Waals surface area contributed by atoms with Gasteiger partial charge in [-0.3, -0.25) is 9.78 Å². The van der Waals surface area contributed by atoms with Crippen LogP contribution in [0, 0.1) is 0 Å². The predicted octanol–water partition coefficient (Wildman–Crippen LogP) is 1.59. The highest BCUT2D eigenvalue weighted by molar-refractivity contribution is 5.87. The lowest BCUT2D eigenvalue weighted by Gasteiger charge is -2.36. The molecule has 26 heavy (non-hydrogen) atoms. The van der Waals surface area contributed by atoms with Crippen LogP contribution in [-0.2, 0) is 7.05 Å². The first kappa shape index (κ1) is 16.4. The van der Waals surface area contributed by atoms with Crippen LogP contribution >= 0.6 is 0 Å². The highest BCUT2D eigenvalue weighted by Gasteiger charge is 2.24. The molecule has 3 aromatic heterocycles. The van der Waals surface area contributed by atoms with Crippen molar-refractivity contribution >= 4 is 22.5 Å². The summed E-state index contributed by atoms with van der Waals surface area (Å²) in [7, 11) is 1.68. The second-order valence-electron chi connectivity index (χ2n) is 6.49. The third-order valence-corrected chi connectivity index (χ3v) is 4.81. The Kier molecular flexibility index (Phi) is 4.47. The van der Waals surface area contributed by atoms with Crippen LogP contribution in [-0.4, -0.2) is 43.9 Å². The van der Waals surface area contributed by atoms with Crippen molar-refractivity contribution in [3.05, 3.63) is 47.3 Å². The van der Waals surface area contributed by atoms with Gasteiger partial charge < -0.3 is 10.2 Å². The van der Waals surface area contributed by atoms with Crippen LogP contribution in [0.5, 0.6) is 0 Å². The number of aromatic nitrogens is 5. The van der Waals surface area contributed by atoms with Crippen molar-refractivity contribution < 1.29 is 0 Å². The first-order valence-corrected chi connectivity index (χ1v) is 8.82. The summed E-state index contributed by atoms with van der Waals surface area (Å²) < 4.78 is 1.39. The number of piperidine rings is 1. The molecule has 3 aromatic rings. The SMILES string of the molecule is Cn1nc(N2CCCCC2CNc2ncnc3cnccc23)ccc1=O. The molecule has 4 rings (SSSR count). The quantitative estimate of drug-likeness (QED) is 0.763. The molecule has 1 aliphatic heterocycles. The Labute approximate surface area is 150 Å². The van der Waals surface area contributed by atoms with Crippen molar-refractivity contribution in [3.63, 3.8) is 0 Å². The van der Waals surface area contributed by atoms with Gasteiger partial charge in [0.2, 0.25) is 0 Å². The van der Waals surface area contributed by atoms with Crippen molar-refractivity contribution in [3.8, 4) is 0 Å². The molecule has 1 saturated heterocycles. The van der Waals surface area contributed by atoms with E-state index in [9.17, 15) is 4.79 Å². The maximum absolute atomic E-state index is 11.6. The summed E-state index contributed by atoms with van der Waals surface area (Å²) in [6, 6.07) is 5.60. The lowest BCUT2D eigenvalue weighted by atomic mass is 10.0. The zero-order chi connectivity index (χ0) is 17.9. The van der Waals surface area contributed by atoms with Crippen molar-refractivity contribution in [1.29, 1.82) is 0 Å². The predicted molar refractivity (Wildman–Crippen MR) is 100 cm³/mol. The summed E-state index contributed by atoms with van der Waals surface area (Å²) in [5, 5.41) is 8.85. The number of hydrogen-bond acceptors (Lipinski definition) is 7. The second kappa shape index (κ2) is 7.07. The van der Waals surface area contributed by atoms with Crippen molar-refractivity contribution in [2.75, 3.05) is 23.3 Å². The molecule has 1 unspecified atom stereocenters. The van der Waals surface area contributed by atoms with Crippen molar-refractivity contribution in [2.24, 2.45) is 7.05 Å². The molecule has 1 aliphatic rings. The van der Waals surface area contributed by atoms with E-state index < -0.39 is 0 Å². The number of rotatable bonds is 4. The van der Waals surface area contributed by atoms with E-state index in [1.807, 2.05) is 12.1 Å². The molecule has 1 atom stereocenters. The average molecular weight is 351 g/mol. The first-order chi connectivity index (χ1) is 12.7. The molecule has 1 N–H and O–H groups in total.